The van der Waals surface area contributed by atoms with Crippen LogP contribution in [0.15, 0.2) is 39.7 Å². The van der Waals surface area contributed by atoms with Crippen LogP contribution in [0.3, 0.4) is 0 Å². The van der Waals surface area contributed by atoms with E-state index < -0.39 is 24.0 Å². The summed E-state index contributed by atoms with van der Waals surface area (Å²) in [6.45, 7) is 2.56. The maximum atomic E-state index is 12.9. The number of amides is 1. The number of rotatable bonds is 4. The Kier molecular flexibility index (Phi) is 5.55. The van der Waals surface area contributed by atoms with Crippen LogP contribution in [-0.2, 0) is 11.3 Å². The molecule has 9 heteroatoms. The Bertz CT molecular complexity index is 1160. The third-order valence-electron chi connectivity index (χ3n) is 4.59. The number of nitrogens with zero attached hydrogens (tertiary/aromatic N) is 4. The molecule has 8 nitrogen and oxygen atoms in total. The van der Waals surface area contributed by atoms with E-state index in [1.54, 1.807) is 31.2 Å². The van der Waals surface area contributed by atoms with E-state index in [0.29, 0.717) is 16.4 Å². The molecule has 0 saturated carbocycles. The molecule has 1 aliphatic heterocycles. The fourth-order valence-electron chi connectivity index (χ4n) is 3.04. The number of aliphatic hydroxyl groups is 1. The Labute approximate surface area is 171 Å². The number of hydrogen-bond donors (Lipinski definition) is 2. The first-order valence-corrected chi connectivity index (χ1v) is 9.02. The Morgan fingerprint density at radius 3 is 2.48 bits per heavy atom. The summed E-state index contributed by atoms with van der Waals surface area (Å²) in [5, 5.41) is 35.1. The average Bonchev–Trinajstić information content (AvgIpc) is 2.97. The third-order valence-corrected chi connectivity index (χ3v) is 4.84. The number of aromatic hydroxyl groups is 1. The number of carbonyl (C=O) groups is 1. The van der Waals surface area contributed by atoms with Gasteiger partial charge in [-0.2, -0.15) is 15.4 Å². The lowest BCUT2D eigenvalue weighted by Crippen LogP contribution is -2.26. The Hall–Kier alpha value is -3.41. The van der Waals surface area contributed by atoms with Gasteiger partial charge in [0.25, 0.3) is 11.5 Å². The van der Waals surface area contributed by atoms with Crippen molar-refractivity contribution in [3.8, 4) is 11.9 Å². The van der Waals surface area contributed by atoms with Crippen molar-refractivity contribution < 1.29 is 15.0 Å². The summed E-state index contributed by atoms with van der Waals surface area (Å²) >= 11 is 5.89. The molecular weight excluding hydrogens is 396 g/mol. The van der Waals surface area contributed by atoms with Gasteiger partial charge in [0, 0.05) is 10.6 Å². The predicted molar refractivity (Wildman–Crippen MR) is 109 cm³/mol. The van der Waals surface area contributed by atoms with Gasteiger partial charge in [0.1, 0.15) is 11.6 Å². The standard InChI is InChI=1S/C20H17ClN4O4/c1-11-15(18(27)24(7-8-26)19(28)17(11)10-22)9-16-12(2)23-25(20(16)29)14-5-3-13(21)4-6-14/h3-6,9,26-27H,7-8H2,1-2H3/b16-9-. The van der Waals surface area contributed by atoms with E-state index in [2.05, 4.69) is 5.10 Å². The summed E-state index contributed by atoms with van der Waals surface area (Å²) in [7, 11) is 0. The highest BCUT2D eigenvalue weighted by molar-refractivity contribution is 6.32. The van der Waals surface area contributed by atoms with Crippen molar-refractivity contribution in [3.05, 3.63) is 61.9 Å². The zero-order valence-corrected chi connectivity index (χ0v) is 16.4. The molecule has 2 N–H and O–H groups in total. The number of aliphatic hydroxyl groups excluding tert-OH is 1. The highest BCUT2D eigenvalue weighted by Crippen LogP contribution is 2.29. The first-order chi connectivity index (χ1) is 13.8. The molecule has 0 atom stereocenters. The average molecular weight is 413 g/mol. The summed E-state index contributed by atoms with van der Waals surface area (Å²) in [5.74, 6) is -0.861. The minimum Gasteiger partial charge on any atom is -0.494 e. The van der Waals surface area contributed by atoms with Gasteiger partial charge in [-0.05, 0) is 49.8 Å². The molecule has 0 spiro atoms. The molecule has 3 rings (SSSR count). The molecule has 29 heavy (non-hydrogen) atoms. The molecule has 0 unspecified atom stereocenters. The summed E-state index contributed by atoms with van der Waals surface area (Å²) in [5.41, 5.74) is 0.639. The van der Waals surface area contributed by atoms with Crippen LogP contribution in [0.2, 0.25) is 5.02 Å². The van der Waals surface area contributed by atoms with Crippen molar-refractivity contribution in [2.75, 3.05) is 11.6 Å². The second kappa shape index (κ2) is 7.91. The van der Waals surface area contributed by atoms with Crippen LogP contribution in [0, 0.1) is 18.3 Å². The minimum atomic E-state index is -0.704. The second-order valence-corrected chi connectivity index (χ2v) is 6.80. The molecular formula is C20H17ClN4O4. The summed E-state index contributed by atoms with van der Waals surface area (Å²) in [6, 6.07) is 8.40. The van der Waals surface area contributed by atoms with E-state index in [0.717, 1.165) is 4.57 Å². The van der Waals surface area contributed by atoms with Crippen molar-refractivity contribution in [2.24, 2.45) is 5.10 Å². The monoisotopic (exact) mass is 412 g/mol. The fraction of sp³-hybridized carbons (Fsp3) is 0.200. The van der Waals surface area contributed by atoms with Crippen molar-refractivity contribution in [1.29, 1.82) is 5.26 Å². The number of hydrogen-bond acceptors (Lipinski definition) is 6. The normalized spacial score (nSPS) is 15.0. The smallest absolute Gasteiger partial charge is 0.280 e. The maximum absolute atomic E-state index is 12.9. The predicted octanol–water partition coefficient (Wildman–Crippen LogP) is 2.19. The van der Waals surface area contributed by atoms with Gasteiger partial charge in [-0.15, -0.1) is 0 Å². The minimum absolute atomic E-state index is 0.144. The molecule has 0 fully saturated rings. The quantitative estimate of drug-likeness (QED) is 0.746. The van der Waals surface area contributed by atoms with E-state index in [9.17, 15) is 25.1 Å². The molecule has 2 aromatic rings. The number of aromatic nitrogens is 1. The number of hydrazone groups is 1. The lowest BCUT2D eigenvalue weighted by Gasteiger charge is -2.14. The van der Waals surface area contributed by atoms with Gasteiger partial charge < -0.3 is 10.2 Å². The van der Waals surface area contributed by atoms with E-state index in [4.69, 9.17) is 11.6 Å². The zero-order valence-electron chi connectivity index (χ0n) is 15.7. The lowest BCUT2D eigenvalue weighted by molar-refractivity contribution is -0.114. The van der Waals surface area contributed by atoms with Gasteiger partial charge in [-0.3, -0.25) is 14.2 Å². The van der Waals surface area contributed by atoms with Crippen LogP contribution in [0.5, 0.6) is 5.88 Å². The molecule has 1 aromatic heterocycles. The number of anilines is 1. The maximum Gasteiger partial charge on any atom is 0.280 e. The molecule has 0 bridgehead atoms. The Balaban J connectivity index is 2.13. The molecule has 148 valence electrons. The molecule has 1 aliphatic rings. The van der Waals surface area contributed by atoms with Crippen molar-refractivity contribution in [1.82, 2.24) is 4.57 Å². The van der Waals surface area contributed by atoms with Gasteiger partial charge in [-0.25, -0.2) is 0 Å². The molecule has 2 heterocycles. The van der Waals surface area contributed by atoms with Crippen LogP contribution in [-0.4, -0.2) is 33.0 Å². The summed E-state index contributed by atoms with van der Waals surface area (Å²) in [4.78, 5) is 25.3. The lowest BCUT2D eigenvalue weighted by atomic mass is 10.0. The van der Waals surface area contributed by atoms with Gasteiger partial charge in [-0.1, -0.05) is 11.6 Å². The highest BCUT2D eigenvalue weighted by atomic mass is 35.5. The summed E-state index contributed by atoms with van der Waals surface area (Å²) in [6.07, 6.45) is 1.40. The molecule has 1 amide bonds. The number of carbonyl (C=O) groups excluding carboxylic acids is 1. The first kappa shape index (κ1) is 20.3. The van der Waals surface area contributed by atoms with Gasteiger partial charge in [0.2, 0.25) is 5.88 Å². The largest absolute Gasteiger partial charge is 0.494 e. The number of halogens is 1. The molecule has 1 aromatic carbocycles. The third kappa shape index (κ3) is 3.53. The van der Waals surface area contributed by atoms with E-state index in [1.165, 1.54) is 18.0 Å². The van der Waals surface area contributed by atoms with E-state index >= 15 is 0 Å². The van der Waals surface area contributed by atoms with Crippen molar-refractivity contribution >= 4 is 35.0 Å². The molecule has 0 radical (unpaired) electrons. The van der Waals surface area contributed by atoms with E-state index in [-0.39, 0.29) is 28.8 Å². The van der Waals surface area contributed by atoms with Crippen LogP contribution >= 0.6 is 11.6 Å². The SMILES string of the molecule is CC1=NN(c2ccc(Cl)cc2)C(=O)/C1=C\c1c(C)c(C#N)c(=O)n(CCO)c1O. The van der Waals surface area contributed by atoms with Crippen LogP contribution in [0.25, 0.3) is 6.08 Å². The number of benzene rings is 1. The molecule has 0 saturated heterocycles. The zero-order chi connectivity index (χ0) is 21.3. The van der Waals surface area contributed by atoms with Crippen molar-refractivity contribution in [2.45, 2.75) is 20.4 Å². The van der Waals surface area contributed by atoms with Crippen LogP contribution in [0.1, 0.15) is 23.6 Å². The number of pyridine rings is 1. The number of nitriles is 1. The fourth-order valence-corrected chi connectivity index (χ4v) is 3.16. The first-order valence-electron chi connectivity index (χ1n) is 8.64. The summed E-state index contributed by atoms with van der Waals surface area (Å²) < 4.78 is 0.904. The van der Waals surface area contributed by atoms with Gasteiger partial charge in [0.15, 0.2) is 0 Å². The van der Waals surface area contributed by atoms with Crippen LogP contribution in [0.4, 0.5) is 5.69 Å². The van der Waals surface area contributed by atoms with E-state index in [1.807, 2.05) is 6.07 Å². The highest BCUT2D eigenvalue weighted by Gasteiger charge is 2.30. The van der Waals surface area contributed by atoms with Crippen molar-refractivity contribution in [3.63, 3.8) is 0 Å². The van der Waals surface area contributed by atoms with Crippen LogP contribution < -0.4 is 10.6 Å². The van der Waals surface area contributed by atoms with Gasteiger partial charge in [0.05, 0.1) is 30.1 Å². The topological polar surface area (TPSA) is 119 Å². The van der Waals surface area contributed by atoms with Gasteiger partial charge >= 0.3 is 0 Å². The Morgan fingerprint density at radius 1 is 1.24 bits per heavy atom. The Morgan fingerprint density at radius 2 is 1.90 bits per heavy atom. The molecule has 0 aliphatic carbocycles. The second-order valence-electron chi connectivity index (χ2n) is 6.37.